The average Bonchev–Trinajstić information content (AvgIpc) is 2.92. The van der Waals surface area contributed by atoms with E-state index in [4.69, 9.17) is 0 Å². The summed E-state index contributed by atoms with van der Waals surface area (Å²) in [6, 6.07) is 0. The van der Waals surface area contributed by atoms with E-state index in [2.05, 4.69) is 19.8 Å². The average molecular weight is 378 g/mol. The fourth-order valence-electron chi connectivity index (χ4n) is 1.73. The highest BCUT2D eigenvalue weighted by Gasteiger charge is 2.27. The molecule has 0 saturated carbocycles. The number of carbonyl (C=O) groups is 1. The Morgan fingerprint density at radius 2 is 1.92 bits per heavy atom. The van der Waals surface area contributed by atoms with E-state index in [1.54, 1.807) is 20.8 Å². The van der Waals surface area contributed by atoms with Gasteiger partial charge in [0.05, 0.1) is 24.0 Å². The number of rotatable bonds is 10. The van der Waals surface area contributed by atoms with Gasteiger partial charge in [-0.15, -0.1) is 11.3 Å². The Balaban J connectivity index is 2.16. The summed E-state index contributed by atoms with van der Waals surface area (Å²) in [6.07, 6.45) is 2.81. The quantitative estimate of drug-likeness (QED) is 0.479. The molecule has 1 heterocycles. The maximum absolute atomic E-state index is 11.9. The predicted octanol–water partition coefficient (Wildman–Crippen LogP) is 2.16. The van der Waals surface area contributed by atoms with Crippen LogP contribution in [0.5, 0.6) is 0 Å². The maximum Gasteiger partial charge on any atom is 0.311 e. The lowest BCUT2D eigenvalue weighted by Crippen LogP contribution is -2.39. The molecule has 1 rings (SSSR count). The maximum atomic E-state index is 11.9. The predicted molar refractivity (Wildman–Crippen MR) is 96.9 cm³/mol. The lowest BCUT2D eigenvalue weighted by atomic mass is 10.2. The van der Waals surface area contributed by atoms with Gasteiger partial charge >= 0.3 is 5.97 Å². The minimum Gasteiger partial charge on any atom is -0.469 e. The van der Waals surface area contributed by atoms with Crippen LogP contribution in [0.25, 0.3) is 0 Å². The lowest BCUT2D eigenvalue weighted by Gasteiger charge is -2.19. The Labute approximate surface area is 148 Å². The zero-order chi connectivity index (χ0) is 18.2. The molecule has 9 heteroatoms. The van der Waals surface area contributed by atoms with Crippen LogP contribution in [0.4, 0.5) is 5.13 Å². The van der Waals surface area contributed by atoms with Crippen molar-refractivity contribution in [3.8, 4) is 0 Å². The van der Waals surface area contributed by atoms with Crippen molar-refractivity contribution in [3.05, 3.63) is 11.1 Å². The molecule has 0 aliphatic rings. The summed E-state index contributed by atoms with van der Waals surface area (Å²) >= 11 is 1.45. The van der Waals surface area contributed by atoms with Gasteiger partial charge in [-0.05, 0) is 33.6 Å². The number of nitrogens with zero attached hydrogens (tertiary/aromatic N) is 1. The van der Waals surface area contributed by atoms with Crippen molar-refractivity contribution in [2.75, 3.05) is 25.5 Å². The van der Waals surface area contributed by atoms with Crippen molar-refractivity contribution in [1.29, 1.82) is 0 Å². The molecule has 0 aliphatic heterocycles. The number of carbonyl (C=O) groups excluding carboxylic acids is 1. The second-order valence-electron chi connectivity index (χ2n) is 6.39. The van der Waals surface area contributed by atoms with Crippen LogP contribution in [0, 0.1) is 0 Å². The normalized spacial score (nSPS) is 12.2. The fourth-order valence-corrected chi connectivity index (χ4v) is 3.32. The summed E-state index contributed by atoms with van der Waals surface area (Å²) in [4.78, 5) is 15.5. The molecule has 0 saturated heterocycles. The number of unbranched alkanes of at least 4 members (excludes halogenated alkanes) is 2. The number of ether oxygens (including phenoxy) is 1. The molecule has 1 aromatic heterocycles. The second kappa shape index (κ2) is 9.33. The van der Waals surface area contributed by atoms with E-state index < -0.39 is 14.8 Å². The van der Waals surface area contributed by atoms with Gasteiger partial charge in [-0.3, -0.25) is 4.79 Å². The topological polar surface area (TPSA) is 97.4 Å². The number of methoxy groups -OCH3 is 1. The Kier molecular flexibility index (Phi) is 8.11. The molecule has 0 fully saturated rings. The molecular weight excluding hydrogens is 350 g/mol. The van der Waals surface area contributed by atoms with Crippen molar-refractivity contribution in [2.45, 2.75) is 51.2 Å². The molecular formula is C15H27N3O4S2. The largest absolute Gasteiger partial charge is 0.469 e. The minimum absolute atomic E-state index is 0.183. The molecule has 1 aromatic rings. The molecule has 0 aromatic carbocycles. The molecule has 0 radical (unpaired) electrons. The van der Waals surface area contributed by atoms with E-state index in [1.807, 2.05) is 5.38 Å². The van der Waals surface area contributed by atoms with Gasteiger partial charge in [0.25, 0.3) is 0 Å². The Morgan fingerprint density at radius 1 is 1.25 bits per heavy atom. The molecule has 24 heavy (non-hydrogen) atoms. The number of esters is 1. The van der Waals surface area contributed by atoms with E-state index in [-0.39, 0.29) is 12.4 Å². The third-order valence-corrected chi connectivity index (χ3v) is 6.38. The monoisotopic (exact) mass is 377 g/mol. The first-order valence-electron chi connectivity index (χ1n) is 7.90. The molecule has 0 bridgehead atoms. The smallest absolute Gasteiger partial charge is 0.311 e. The Morgan fingerprint density at radius 3 is 2.54 bits per heavy atom. The van der Waals surface area contributed by atoms with E-state index >= 15 is 0 Å². The van der Waals surface area contributed by atoms with Crippen LogP contribution in [0.3, 0.4) is 0 Å². The van der Waals surface area contributed by atoms with Gasteiger partial charge in [0.1, 0.15) is 0 Å². The minimum atomic E-state index is -3.25. The molecule has 0 aliphatic carbocycles. The first kappa shape index (κ1) is 20.9. The molecule has 7 nitrogen and oxygen atoms in total. The van der Waals surface area contributed by atoms with Gasteiger partial charge in [0, 0.05) is 18.5 Å². The number of hydrogen-bond acceptors (Lipinski definition) is 7. The Hall–Kier alpha value is -1.19. The van der Waals surface area contributed by atoms with E-state index in [9.17, 15) is 13.2 Å². The van der Waals surface area contributed by atoms with E-state index in [1.165, 1.54) is 18.4 Å². The number of nitrogens with one attached hydrogen (secondary N) is 2. The zero-order valence-electron chi connectivity index (χ0n) is 14.7. The van der Waals surface area contributed by atoms with Gasteiger partial charge in [-0.25, -0.2) is 18.1 Å². The van der Waals surface area contributed by atoms with Gasteiger partial charge in [-0.1, -0.05) is 6.42 Å². The summed E-state index contributed by atoms with van der Waals surface area (Å²) in [7, 11) is -1.90. The summed E-state index contributed by atoms with van der Waals surface area (Å²) in [5, 5.41) is 5.82. The third-order valence-electron chi connectivity index (χ3n) is 3.33. The van der Waals surface area contributed by atoms with Gasteiger partial charge < -0.3 is 10.1 Å². The van der Waals surface area contributed by atoms with Gasteiger partial charge in [0.2, 0.25) is 10.0 Å². The molecule has 0 atom stereocenters. The highest BCUT2D eigenvalue weighted by Crippen LogP contribution is 2.16. The molecule has 2 N–H and O–H groups in total. The van der Waals surface area contributed by atoms with Crippen LogP contribution < -0.4 is 10.0 Å². The summed E-state index contributed by atoms with van der Waals surface area (Å²) in [6.45, 7) is 6.27. The first-order valence-corrected chi connectivity index (χ1v) is 10.3. The number of aromatic nitrogens is 1. The standard InChI is InChI=1S/C15H27N3O4S2/c1-15(2,3)24(20,21)17-9-7-5-6-8-16-14-18-12(11-23-14)10-13(19)22-4/h11,17H,5-10H2,1-4H3,(H,16,18). The van der Waals surface area contributed by atoms with Crippen LogP contribution in [-0.2, 0) is 26.0 Å². The Bertz CT molecular complexity index is 621. The summed E-state index contributed by atoms with van der Waals surface area (Å²) in [5.41, 5.74) is 0.700. The van der Waals surface area contributed by atoms with E-state index in [0.29, 0.717) is 12.2 Å². The first-order chi connectivity index (χ1) is 11.2. The number of thiazole rings is 1. The van der Waals surface area contributed by atoms with Crippen molar-refractivity contribution < 1.29 is 17.9 Å². The van der Waals surface area contributed by atoms with Crippen molar-refractivity contribution in [1.82, 2.24) is 9.71 Å². The van der Waals surface area contributed by atoms with Crippen molar-refractivity contribution >= 4 is 32.5 Å². The highest BCUT2D eigenvalue weighted by molar-refractivity contribution is 7.90. The molecule has 0 amide bonds. The van der Waals surface area contributed by atoms with Crippen LogP contribution in [0.1, 0.15) is 45.7 Å². The van der Waals surface area contributed by atoms with Gasteiger partial charge in [0.15, 0.2) is 5.13 Å². The van der Waals surface area contributed by atoms with Crippen molar-refractivity contribution in [3.63, 3.8) is 0 Å². The van der Waals surface area contributed by atoms with Crippen LogP contribution in [-0.4, -0.2) is 44.3 Å². The summed E-state index contributed by atoms with van der Waals surface area (Å²) < 4.78 is 30.2. The zero-order valence-corrected chi connectivity index (χ0v) is 16.3. The lowest BCUT2D eigenvalue weighted by molar-refractivity contribution is -0.139. The number of hydrogen-bond donors (Lipinski definition) is 2. The van der Waals surface area contributed by atoms with Crippen molar-refractivity contribution in [2.24, 2.45) is 0 Å². The second-order valence-corrected chi connectivity index (χ2v) is 9.77. The van der Waals surface area contributed by atoms with Gasteiger partial charge in [-0.2, -0.15) is 0 Å². The van der Waals surface area contributed by atoms with E-state index in [0.717, 1.165) is 30.9 Å². The number of sulfonamides is 1. The third kappa shape index (κ3) is 7.14. The number of anilines is 1. The molecule has 138 valence electrons. The van der Waals surface area contributed by atoms with Crippen LogP contribution in [0.2, 0.25) is 0 Å². The SMILES string of the molecule is COC(=O)Cc1csc(NCCCCCNS(=O)(=O)C(C)(C)C)n1. The van der Waals surface area contributed by atoms with Crippen LogP contribution in [0.15, 0.2) is 5.38 Å². The highest BCUT2D eigenvalue weighted by atomic mass is 32.2. The molecule has 0 spiro atoms. The summed E-state index contributed by atoms with van der Waals surface area (Å²) in [5.74, 6) is -0.301. The fraction of sp³-hybridized carbons (Fsp3) is 0.733. The van der Waals surface area contributed by atoms with Crippen LogP contribution >= 0.6 is 11.3 Å². The molecule has 0 unspecified atom stereocenters.